The summed E-state index contributed by atoms with van der Waals surface area (Å²) in [6, 6.07) is 9.74. The fourth-order valence-corrected chi connectivity index (χ4v) is 4.12. The van der Waals surface area contributed by atoms with Gasteiger partial charge in [0.2, 0.25) is 5.91 Å². The van der Waals surface area contributed by atoms with Gasteiger partial charge in [-0.2, -0.15) is 0 Å². The number of nitrogens with one attached hydrogen (secondary N) is 2. The Morgan fingerprint density at radius 3 is 2.37 bits per heavy atom. The van der Waals surface area contributed by atoms with Gasteiger partial charge in [0.15, 0.2) is 8.32 Å². The van der Waals surface area contributed by atoms with Gasteiger partial charge in [-0.1, -0.05) is 52.8 Å². The van der Waals surface area contributed by atoms with Crippen LogP contribution < -0.4 is 10.6 Å². The number of para-hydroxylation sites is 1. The van der Waals surface area contributed by atoms with Crippen LogP contribution in [0.15, 0.2) is 30.3 Å². The second-order valence-corrected chi connectivity index (χ2v) is 14.3. The van der Waals surface area contributed by atoms with Crippen LogP contribution in [0.1, 0.15) is 34.6 Å². The molecule has 27 heavy (non-hydrogen) atoms. The summed E-state index contributed by atoms with van der Waals surface area (Å²) in [6.07, 6.45) is 0.184. The van der Waals surface area contributed by atoms with E-state index in [4.69, 9.17) is 4.43 Å². The van der Waals surface area contributed by atoms with Crippen LogP contribution in [-0.4, -0.2) is 51.0 Å². The van der Waals surface area contributed by atoms with Crippen LogP contribution in [0.2, 0.25) is 18.1 Å². The molecular formula is C21H37N3O2Si. The third-order valence-corrected chi connectivity index (χ3v) is 10.4. The summed E-state index contributed by atoms with van der Waals surface area (Å²) in [4.78, 5) is 15.0. The van der Waals surface area contributed by atoms with Gasteiger partial charge < -0.3 is 9.74 Å². The van der Waals surface area contributed by atoms with E-state index in [-0.39, 0.29) is 35.1 Å². The highest BCUT2D eigenvalue weighted by molar-refractivity contribution is 6.74. The molecule has 0 saturated carbocycles. The molecule has 0 spiro atoms. The van der Waals surface area contributed by atoms with Gasteiger partial charge in [-0.05, 0) is 43.2 Å². The summed E-state index contributed by atoms with van der Waals surface area (Å²) in [5.74, 6) is 0.250. The molecule has 1 aromatic carbocycles. The van der Waals surface area contributed by atoms with E-state index in [1.165, 1.54) is 0 Å². The van der Waals surface area contributed by atoms with Gasteiger partial charge in [0.05, 0.1) is 24.9 Å². The third kappa shape index (κ3) is 5.64. The number of anilines is 1. The maximum Gasteiger partial charge on any atom is 0.242 e. The minimum absolute atomic E-state index is 0.0384. The van der Waals surface area contributed by atoms with Gasteiger partial charge in [-0.3, -0.25) is 15.0 Å². The number of nitrogens with zero attached hydrogens (tertiary/aromatic N) is 1. The zero-order valence-electron chi connectivity index (χ0n) is 18.2. The van der Waals surface area contributed by atoms with Gasteiger partial charge in [0.1, 0.15) is 0 Å². The van der Waals surface area contributed by atoms with Gasteiger partial charge in [-0.15, -0.1) is 0 Å². The molecule has 3 atom stereocenters. The quantitative estimate of drug-likeness (QED) is 0.521. The van der Waals surface area contributed by atoms with Crippen molar-refractivity contribution in [3.63, 3.8) is 0 Å². The Kier molecular flexibility index (Phi) is 6.89. The second kappa shape index (κ2) is 8.43. The Morgan fingerprint density at radius 1 is 1.26 bits per heavy atom. The highest BCUT2D eigenvalue weighted by atomic mass is 28.4. The summed E-state index contributed by atoms with van der Waals surface area (Å²) in [5, 5.41) is 6.74. The number of amides is 1. The Bertz CT molecular complexity index is 628. The maximum absolute atomic E-state index is 12.9. The van der Waals surface area contributed by atoms with E-state index < -0.39 is 8.32 Å². The number of rotatable bonds is 8. The predicted octanol–water partition coefficient (Wildman–Crippen LogP) is 3.90. The minimum Gasteiger partial charge on any atom is -0.415 e. The van der Waals surface area contributed by atoms with Crippen LogP contribution in [-0.2, 0) is 9.22 Å². The number of carbonyl (C=O) groups is 1. The molecule has 6 heteroatoms. The fourth-order valence-electron chi connectivity index (χ4n) is 3.09. The summed E-state index contributed by atoms with van der Waals surface area (Å²) in [7, 11) is 0.275. The van der Waals surface area contributed by atoms with E-state index in [1.807, 2.05) is 37.4 Å². The topological polar surface area (TPSA) is 63.5 Å². The van der Waals surface area contributed by atoms with Crippen LogP contribution in [0.5, 0.6) is 0 Å². The summed E-state index contributed by atoms with van der Waals surface area (Å²) < 4.78 is 6.34. The molecule has 0 aromatic heterocycles. The van der Waals surface area contributed by atoms with Gasteiger partial charge >= 0.3 is 0 Å². The fraction of sp³-hybridized carbons (Fsp3) is 0.667. The van der Waals surface area contributed by atoms with E-state index in [9.17, 15) is 4.79 Å². The van der Waals surface area contributed by atoms with Gasteiger partial charge in [-0.25, -0.2) is 0 Å². The highest BCUT2D eigenvalue weighted by Crippen LogP contribution is 2.37. The molecule has 1 amide bonds. The van der Waals surface area contributed by atoms with Crippen molar-refractivity contribution in [3.05, 3.63) is 30.3 Å². The number of hydrogen-bond acceptors (Lipinski definition) is 4. The lowest BCUT2D eigenvalue weighted by Gasteiger charge is -2.36. The van der Waals surface area contributed by atoms with E-state index in [0.29, 0.717) is 6.61 Å². The van der Waals surface area contributed by atoms with Gasteiger partial charge in [0, 0.05) is 5.69 Å². The molecule has 2 rings (SSSR count). The predicted molar refractivity (Wildman–Crippen MR) is 115 cm³/mol. The molecule has 1 aromatic rings. The van der Waals surface area contributed by atoms with Crippen LogP contribution in [0, 0.1) is 5.92 Å². The third-order valence-electron chi connectivity index (χ3n) is 5.91. The van der Waals surface area contributed by atoms with Crippen molar-refractivity contribution in [2.45, 2.75) is 71.0 Å². The molecule has 0 bridgehead atoms. The van der Waals surface area contributed by atoms with E-state index >= 15 is 0 Å². The molecule has 1 aliphatic heterocycles. The molecule has 1 aliphatic rings. The summed E-state index contributed by atoms with van der Waals surface area (Å²) >= 11 is 0. The molecule has 0 aliphatic carbocycles. The normalized spacial score (nSPS) is 21.4. The first-order valence-corrected chi connectivity index (χ1v) is 12.8. The molecule has 2 N–H and O–H groups in total. The average molecular weight is 392 g/mol. The lowest BCUT2D eigenvalue weighted by atomic mass is 10.0. The van der Waals surface area contributed by atoms with E-state index in [2.05, 4.69) is 63.2 Å². The number of carbonyl (C=O) groups excluding carboxylic acids is 1. The molecule has 5 nitrogen and oxygen atoms in total. The minimum atomic E-state index is -1.75. The van der Waals surface area contributed by atoms with Crippen LogP contribution in [0.25, 0.3) is 0 Å². The molecule has 1 heterocycles. The van der Waals surface area contributed by atoms with Crippen molar-refractivity contribution >= 4 is 19.9 Å². The second-order valence-electron chi connectivity index (χ2n) is 9.50. The molecule has 0 radical (unpaired) electrons. The van der Waals surface area contributed by atoms with Crippen LogP contribution in [0.3, 0.4) is 0 Å². The number of hydrogen-bond donors (Lipinski definition) is 2. The van der Waals surface area contributed by atoms with Gasteiger partial charge in [0.25, 0.3) is 0 Å². The van der Waals surface area contributed by atoms with Crippen molar-refractivity contribution in [1.82, 2.24) is 10.2 Å². The lowest BCUT2D eigenvalue weighted by molar-refractivity contribution is -0.122. The first-order chi connectivity index (χ1) is 12.4. The Balaban J connectivity index is 1.94. The molecular weight excluding hydrogens is 354 g/mol. The Hall–Kier alpha value is -1.21. The van der Waals surface area contributed by atoms with E-state index in [1.54, 1.807) is 0 Å². The van der Waals surface area contributed by atoms with Crippen molar-refractivity contribution in [2.24, 2.45) is 5.92 Å². The molecule has 1 fully saturated rings. The largest absolute Gasteiger partial charge is 0.415 e. The van der Waals surface area contributed by atoms with Crippen molar-refractivity contribution in [3.8, 4) is 0 Å². The zero-order chi connectivity index (χ0) is 20.4. The number of benzene rings is 1. The maximum atomic E-state index is 12.9. The molecule has 0 unspecified atom stereocenters. The van der Waals surface area contributed by atoms with Crippen LogP contribution in [0.4, 0.5) is 5.69 Å². The van der Waals surface area contributed by atoms with Crippen molar-refractivity contribution in [1.29, 1.82) is 0 Å². The average Bonchev–Trinajstić information content (AvgIpc) is 3.32. The first kappa shape index (κ1) is 22.1. The van der Waals surface area contributed by atoms with E-state index in [0.717, 1.165) is 5.69 Å². The summed E-state index contributed by atoms with van der Waals surface area (Å²) in [6.45, 7) is 16.2. The van der Waals surface area contributed by atoms with Crippen molar-refractivity contribution in [2.75, 3.05) is 19.0 Å². The monoisotopic (exact) mass is 391 g/mol. The molecule has 1 saturated heterocycles. The standard InChI is InChI=1S/C21H37N3O2Si/c1-15(2)18(20(25)22-16-12-10-9-11-13-16)24(6)19-17(23-19)14-26-27(7,8)21(3,4)5/h9-13,15,17-19,23H,14H2,1-8H3,(H,22,25)/t17-,18-,19-/m1/s1. The lowest BCUT2D eigenvalue weighted by Crippen LogP contribution is -2.48. The SMILES string of the molecule is CC(C)[C@H](C(=O)Nc1ccccc1)N(C)[C@H]1N[C@@H]1CO[Si](C)(C)C(C)(C)C. The van der Waals surface area contributed by atoms with Crippen molar-refractivity contribution < 1.29 is 9.22 Å². The Morgan fingerprint density at radius 2 is 1.85 bits per heavy atom. The van der Waals surface area contributed by atoms with Crippen LogP contribution >= 0.6 is 0 Å². The zero-order valence-corrected chi connectivity index (χ0v) is 19.2. The summed E-state index contributed by atoms with van der Waals surface area (Å²) in [5.41, 5.74) is 0.836. The first-order valence-electron chi connectivity index (χ1n) is 9.92. The highest BCUT2D eigenvalue weighted by Gasteiger charge is 2.46. The Labute approximate surface area is 166 Å². The smallest absolute Gasteiger partial charge is 0.242 e. The molecule has 152 valence electrons. The number of likely N-dealkylation sites (N-methyl/N-ethyl adjacent to an activating group) is 1.